The monoisotopic (exact) mass is 441 g/mol. The second-order valence-electron chi connectivity index (χ2n) is 6.86. The molecule has 11 heteroatoms. The molecule has 1 unspecified atom stereocenters. The van der Waals surface area contributed by atoms with Crippen molar-refractivity contribution < 1.29 is 36.6 Å². The van der Waals surface area contributed by atoms with Gasteiger partial charge in [0.15, 0.2) is 11.5 Å². The number of halogens is 3. The van der Waals surface area contributed by atoms with Gasteiger partial charge in [0, 0.05) is 19.2 Å². The molecular formula is C20H22F3N3O5. The minimum atomic E-state index is -4.70. The summed E-state index contributed by atoms with van der Waals surface area (Å²) in [7, 11) is 4.48. The standard InChI is InChI=1S/C20H22F3N3O5/c1-28-14-9-12(10-15(29-2)17(14)30-3)6-7-16(27)26-8-4-5-13(11-26)18-24-25-19(31-18)20(21,22)23/h6-7,9-10,13H,4-5,8,11H2,1-3H3/b7-6+. The van der Waals surface area contributed by atoms with E-state index in [0.29, 0.717) is 42.2 Å². The Morgan fingerprint density at radius 2 is 1.84 bits per heavy atom. The summed E-state index contributed by atoms with van der Waals surface area (Å²) in [4.78, 5) is 14.2. The van der Waals surface area contributed by atoms with Crippen LogP contribution in [0.3, 0.4) is 0 Å². The van der Waals surface area contributed by atoms with Gasteiger partial charge >= 0.3 is 12.1 Å². The van der Waals surface area contributed by atoms with Gasteiger partial charge < -0.3 is 23.5 Å². The van der Waals surface area contributed by atoms with Crippen molar-refractivity contribution in [3.8, 4) is 17.2 Å². The first-order valence-corrected chi connectivity index (χ1v) is 9.44. The first kappa shape index (κ1) is 22.4. The fraction of sp³-hybridized carbons (Fsp3) is 0.450. The molecule has 1 aliphatic rings. The van der Waals surface area contributed by atoms with Crippen molar-refractivity contribution in [1.29, 1.82) is 0 Å². The van der Waals surface area contributed by atoms with Gasteiger partial charge in [0.05, 0.1) is 27.2 Å². The van der Waals surface area contributed by atoms with Crippen molar-refractivity contribution in [3.05, 3.63) is 35.6 Å². The number of hydrogen-bond donors (Lipinski definition) is 0. The van der Waals surface area contributed by atoms with Crippen LogP contribution in [0.4, 0.5) is 13.2 Å². The number of nitrogens with zero attached hydrogens (tertiary/aromatic N) is 3. The molecule has 1 aromatic heterocycles. The predicted molar refractivity (Wildman–Crippen MR) is 103 cm³/mol. The van der Waals surface area contributed by atoms with Gasteiger partial charge in [-0.05, 0) is 36.6 Å². The number of methoxy groups -OCH3 is 3. The number of carbonyl (C=O) groups excluding carboxylic acids is 1. The molecule has 8 nitrogen and oxygen atoms in total. The van der Waals surface area contributed by atoms with Crippen LogP contribution >= 0.6 is 0 Å². The number of ether oxygens (including phenoxy) is 3. The van der Waals surface area contributed by atoms with Gasteiger partial charge in [-0.15, -0.1) is 10.2 Å². The Hall–Kier alpha value is -3.24. The summed E-state index contributed by atoms with van der Waals surface area (Å²) < 4.78 is 58.7. The zero-order chi connectivity index (χ0) is 22.6. The third-order valence-corrected chi connectivity index (χ3v) is 4.87. The molecule has 1 aliphatic heterocycles. The summed E-state index contributed by atoms with van der Waals surface area (Å²) in [5.41, 5.74) is 0.656. The molecule has 1 aromatic carbocycles. The third-order valence-electron chi connectivity index (χ3n) is 4.87. The average molecular weight is 441 g/mol. The maximum Gasteiger partial charge on any atom is 0.470 e. The molecule has 2 heterocycles. The first-order chi connectivity index (χ1) is 14.8. The molecule has 1 atom stereocenters. The average Bonchev–Trinajstić information content (AvgIpc) is 3.27. The van der Waals surface area contributed by atoms with E-state index in [-0.39, 0.29) is 18.3 Å². The minimum absolute atomic E-state index is 0.113. The Morgan fingerprint density at radius 1 is 1.16 bits per heavy atom. The molecule has 0 saturated carbocycles. The van der Waals surface area contributed by atoms with E-state index in [9.17, 15) is 18.0 Å². The van der Waals surface area contributed by atoms with Crippen molar-refractivity contribution >= 4 is 12.0 Å². The molecule has 1 amide bonds. The number of alkyl halides is 3. The van der Waals surface area contributed by atoms with Gasteiger partial charge in [-0.3, -0.25) is 4.79 Å². The van der Waals surface area contributed by atoms with E-state index < -0.39 is 18.0 Å². The number of benzene rings is 1. The van der Waals surface area contributed by atoms with Crippen molar-refractivity contribution in [1.82, 2.24) is 15.1 Å². The lowest BCUT2D eigenvalue weighted by Crippen LogP contribution is -2.38. The summed E-state index contributed by atoms with van der Waals surface area (Å²) in [5, 5.41) is 6.58. The molecular weight excluding hydrogens is 419 g/mol. The van der Waals surface area contributed by atoms with Crippen molar-refractivity contribution in [2.75, 3.05) is 34.4 Å². The third kappa shape index (κ3) is 5.09. The SMILES string of the molecule is COc1cc(/C=C/C(=O)N2CCCC(c3nnc(C(F)(F)F)o3)C2)cc(OC)c1OC. The van der Waals surface area contributed by atoms with E-state index in [1.807, 2.05) is 0 Å². The highest BCUT2D eigenvalue weighted by atomic mass is 19.4. The smallest absolute Gasteiger partial charge is 0.470 e. The van der Waals surface area contributed by atoms with Crippen molar-refractivity contribution in [3.63, 3.8) is 0 Å². The molecule has 0 radical (unpaired) electrons. The van der Waals surface area contributed by atoms with Crippen molar-refractivity contribution in [2.45, 2.75) is 24.9 Å². The van der Waals surface area contributed by atoms with Crippen LogP contribution in [0.25, 0.3) is 6.08 Å². The maximum absolute atomic E-state index is 12.7. The van der Waals surface area contributed by atoms with Crippen LogP contribution in [0.15, 0.2) is 22.6 Å². The number of carbonyl (C=O) groups is 1. The van der Waals surface area contributed by atoms with Crippen LogP contribution < -0.4 is 14.2 Å². The Balaban J connectivity index is 1.72. The molecule has 1 saturated heterocycles. The Bertz CT molecular complexity index is 933. The van der Waals surface area contributed by atoms with Crippen LogP contribution in [0.1, 0.15) is 36.1 Å². The van der Waals surface area contributed by atoms with Gasteiger partial charge in [-0.25, -0.2) is 0 Å². The summed E-state index contributed by atoms with van der Waals surface area (Å²) in [5.74, 6) is -0.894. The lowest BCUT2D eigenvalue weighted by atomic mass is 9.98. The summed E-state index contributed by atoms with van der Waals surface area (Å²) >= 11 is 0. The fourth-order valence-corrected chi connectivity index (χ4v) is 3.36. The molecule has 0 aliphatic carbocycles. The van der Waals surface area contributed by atoms with Crippen LogP contribution in [0, 0.1) is 0 Å². The van der Waals surface area contributed by atoms with E-state index in [1.165, 1.54) is 27.4 Å². The van der Waals surface area contributed by atoms with E-state index in [1.54, 1.807) is 23.1 Å². The summed E-state index contributed by atoms with van der Waals surface area (Å²) in [6.07, 6.45) is -0.542. The van der Waals surface area contributed by atoms with E-state index in [0.717, 1.165) is 0 Å². The maximum atomic E-state index is 12.7. The van der Waals surface area contributed by atoms with Gasteiger partial charge in [0.1, 0.15) is 0 Å². The highest BCUT2D eigenvalue weighted by Gasteiger charge is 2.39. The summed E-state index contributed by atoms with van der Waals surface area (Å²) in [6, 6.07) is 3.39. The lowest BCUT2D eigenvalue weighted by Gasteiger charge is -2.30. The molecule has 0 spiro atoms. The van der Waals surface area contributed by atoms with E-state index in [4.69, 9.17) is 18.6 Å². The zero-order valence-electron chi connectivity index (χ0n) is 17.2. The molecule has 0 N–H and O–H groups in total. The van der Waals surface area contributed by atoms with Crippen LogP contribution in [0.2, 0.25) is 0 Å². The van der Waals surface area contributed by atoms with Crippen LogP contribution in [-0.2, 0) is 11.0 Å². The predicted octanol–water partition coefficient (Wildman–Crippen LogP) is 3.53. The number of aromatic nitrogens is 2. The van der Waals surface area contributed by atoms with Crippen LogP contribution in [0.5, 0.6) is 17.2 Å². The first-order valence-electron chi connectivity index (χ1n) is 9.44. The molecule has 1 fully saturated rings. The number of hydrogen-bond acceptors (Lipinski definition) is 7. The molecule has 31 heavy (non-hydrogen) atoms. The van der Waals surface area contributed by atoms with Crippen molar-refractivity contribution in [2.24, 2.45) is 0 Å². The Kier molecular flexibility index (Phi) is 6.71. The van der Waals surface area contributed by atoms with Gasteiger partial charge in [-0.2, -0.15) is 13.2 Å². The fourth-order valence-electron chi connectivity index (χ4n) is 3.36. The molecule has 3 rings (SSSR count). The zero-order valence-corrected chi connectivity index (χ0v) is 17.2. The summed E-state index contributed by atoms with van der Waals surface area (Å²) in [6.45, 7) is 0.674. The molecule has 168 valence electrons. The Morgan fingerprint density at radius 3 is 2.39 bits per heavy atom. The van der Waals surface area contributed by atoms with E-state index >= 15 is 0 Å². The van der Waals surface area contributed by atoms with Gasteiger partial charge in [0.25, 0.3) is 0 Å². The largest absolute Gasteiger partial charge is 0.493 e. The quantitative estimate of drug-likeness (QED) is 0.634. The Labute approximate surface area is 176 Å². The second kappa shape index (κ2) is 9.27. The number of likely N-dealkylation sites (tertiary alicyclic amines) is 1. The second-order valence-corrected chi connectivity index (χ2v) is 6.86. The highest BCUT2D eigenvalue weighted by Crippen LogP contribution is 2.38. The minimum Gasteiger partial charge on any atom is -0.493 e. The number of amides is 1. The number of piperidine rings is 1. The lowest BCUT2D eigenvalue weighted by molar-refractivity contribution is -0.157. The van der Waals surface area contributed by atoms with Gasteiger partial charge in [0.2, 0.25) is 17.5 Å². The van der Waals surface area contributed by atoms with Gasteiger partial charge in [-0.1, -0.05) is 0 Å². The molecule has 2 aromatic rings. The van der Waals surface area contributed by atoms with E-state index in [2.05, 4.69) is 10.2 Å². The van der Waals surface area contributed by atoms with Crippen LogP contribution in [-0.4, -0.2) is 55.4 Å². The number of rotatable bonds is 6. The topological polar surface area (TPSA) is 86.9 Å². The molecule has 0 bridgehead atoms. The highest BCUT2D eigenvalue weighted by molar-refractivity contribution is 5.92. The normalized spacial score (nSPS) is 17.1.